The summed E-state index contributed by atoms with van der Waals surface area (Å²) in [5.74, 6) is 0.299. The Morgan fingerprint density at radius 2 is 1.91 bits per heavy atom. The van der Waals surface area contributed by atoms with E-state index in [0.29, 0.717) is 25.4 Å². The van der Waals surface area contributed by atoms with Crippen molar-refractivity contribution in [1.29, 1.82) is 0 Å². The minimum absolute atomic E-state index is 0.0806. The van der Waals surface area contributed by atoms with Crippen molar-refractivity contribution < 1.29 is 14.3 Å². The van der Waals surface area contributed by atoms with E-state index in [9.17, 15) is 9.59 Å². The molecule has 0 N–H and O–H groups in total. The molecule has 23 heavy (non-hydrogen) atoms. The number of amides is 2. The van der Waals surface area contributed by atoms with Gasteiger partial charge in [-0.3, -0.25) is 4.79 Å². The third kappa shape index (κ3) is 3.91. The molecule has 2 aliphatic heterocycles. The maximum Gasteiger partial charge on any atom is 0.416 e. The van der Waals surface area contributed by atoms with Gasteiger partial charge in [-0.1, -0.05) is 30.3 Å². The molecular formula is C18H24N2O3. The number of hydrogen-bond acceptors (Lipinski definition) is 4. The van der Waals surface area contributed by atoms with Gasteiger partial charge in [0.1, 0.15) is 6.61 Å². The first-order valence-electron chi connectivity index (χ1n) is 8.35. The number of likely N-dealkylation sites (tertiary alicyclic amines) is 1. The van der Waals surface area contributed by atoms with Gasteiger partial charge in [-0.2, -0.15) is 0 Å². The number of piperidine rings is 1. The Bertz CT molecular complexity index is 553. The fourth-order valence-electron chi connectivity index (χ4n) is 3.41. The zero-order valence-corrected chi connectivity index (χ0v) is 13.6. The van der Waals surface area contributed by atoms with Crippen molar-refractivity contribution in [1.82, 2.24) is 9.80 Å². The number of rotatable bonds is 4. The monoisotopic (exact) mass is 316 g/mol. The first kappa shape index (κ1) is 16.0. The second-order valence-electron chi connectivity index (χ2n) is 6.63. The highest BCUT2D eigenvalue weighted by molar-refractivity contribution is 5.93. The summed E-state index contributed by atoms with van der Waals surface area (Å²) in [6, 6.07) is 9.76. The topological polar surface area (TPSA) is 49.9 Å². The van der Waals surface area contributed by atoms with Crippen LogP contribution in [0.15, 0.2) is 30.3 Å². The second-order valence-corrected chi connectivity index (χ2v) is 6.63. The highest BCUT2D eigenvalue weighted by atomic mass is 16.6. The zero-order valence-electron chi connectivity index (χ0n) is 13.6. The predicted molar refractivity (Wildman–Crippen MR) is 87.0 cm³/mol. The molecule has 1 unspecified atom stereocenters. The minimum atomic E-state index is -0.483. The Hall–Kier alpha value is -1.88. The van der Waals surface area contributed by atoms with Gasteiger partial charge in [-0.15, -0.1) is 0 Å². The molecule has 0 aromatic heterocycles. The Balaban J connectivity index is 1.61. The Labute approximate surface area is 137 Å². The predicted octanol–water partition coefficient (Wildman–Crippen LogP) is 2.31. The van der Waals surface area contributed by atoms with Crippen molar-refractivity contribution >= 4 is 12.0 Å². The molecule has 2 saturated heterocycles. The van der Waals surface area contributed by atoms with E-state index in [4.69, 9.17) is 4.74 Å². The van der Waals surface area contributed by atoms with Gasteiger partial charge in [0.25, 0.3) is 0 Å². The van der Waals surface area contributed by atoms with Crippen LogP contribution in [0.5, 0.6) is 0 Å². The average molecular weight is 316 g/mol. The summed E-state index contributed by atoms with van der Waals surface area (Å²) in [5.41, 5.74) is 1.12. The van der Waals surface area contributed by atoms with Gasteiger partial charge in [-0.05, 0) is 50.9 Å². The van der Waals surface area contributed by atoms with E-state index in [2.05, 4.69) is 11.9 Å². The first-order valence-corrected chi connectivity index (χ1v) is 8.35. The normalized spacial score (nSPS) is 23.1. The molecule has 124 valence electrons. The maximum atomic E-state index is 12.6. The molecule has 5 heteroatoms. The summed E-state index contributed by atoms with van der Waals surface area (Å²) in [7, 11) is 2.10. The zero-order chi connectivity index (χ0) is 16.2. The van der Waals surface area contributed by atoms with Gasteiger partial charge >= 0.3 is 6.09 Å². The fraction of sp³-hybridized carbons (Fsp3) is 0.556. The van der Waals surface area contributed by atoms with Crippen LogP contribution >= 0.6 is 0 Å². The van der Waals surface area contributed by atoms with Gasteiger partial charge in [-0.25, -0.2) is 9.69 Å². The molecule has 0 radical (unpaired) electrons. The molecule has 0 bridgehead atoms. The number of carbonyl (C=O) groups is 2. The van der Waals surface area contributed by atoms with Crippen LogP contribution in [0, 0.1) is 5.92 Å². The molecule has 2 amide bonds. The van der Waals surface area contributed by atoms with Crippen LogP contribution in [-0.2, 0) is 16.0 Å². The average Bonchev–Trinajstić information content (AvgIpc) is 2.91. The molecule has 0 saturated carbocycles. The number of carbonyl (C=O) groups excluding carboxylic acids is 2. The fourth-order valence-corrected chi connectivity index (χ4v) is 3.41. The Morgan fingerprint density at radius 3 is 2.61 bits per heavy atom. The van der Waals surface area contributed by atoms with Crippen molar-refractivity contribution in [2.24, 2.45) is 5.92 Å². The van der Waals surface area contributed by atoms with Crippen molar-refractivity contribution in [3.63, 3.8) is 0 Å². The van der Waals surface area contributed by atoms with Crippen LogP contribution in [0.25, 0.3) is 0 Å². The third-order valence-corrected chi connectivity index (χ3v) is 4.85. The minimum Gasteiger partial charge on any atom is -0.447 e. The van der Waals surface area contributed by atoms with Gasteiger partial charge in [0.15, 0.2) is 0 Å². The van der Waals surface area contributed by atoms with Gasteiger partial charge in [0.05, 0.1) is 6.04 Å². The van der Waals surface area contributed by atoms with Crippen LogP contribution in [0.1, 0.15) is 24.8 Å². The largest absolute Gasteiger partial charge is 0.447 e. The number of nitrogens with zero attached hydrogens (tertiary/aromatic N) is 2. The van der Waals surface area contributed by atoms with Crippen molar-refractivity contribution in [2.45, 2.75) is 31.7 Å². The highest BCUT2D eigenvalue weighted by Crippen LogP contribution is 2.24. The van der Waals surface area contributed by atoms with Crippen LogP contribution in [-0.4, -0.2) is 54.6 Å². The highest BCUT2D eigenvalue weighted by Gasteiger charge is 2.38. The molecular weight excluding hydrogens is 292 g/mol. The van der Waals surface area contributed by atoms with Crippen molar-refractivity contribution in [3.05, 3.63) is 35.9 Å². The summed E-state index contributed by atoms with van der Waals surface area (Å²) in [6.07, 6.45) is 2.67. The van der Waals surface area contributed by atoms with Gasteiger partial charge in [0.2, 0.25) is 5.91 Å². The molecule has 1 aromatic rings. The van der Waals surface area contributed by atoms with Crippen molar-refractivity contribution in [3.8, 4) is 0 Å². The molecule has 3 rings (SSSR count). The molecule has 2 fully saturated rings. The van der Waals surface area contributed by atoms with Gasteiger partial charge in [0, 0.05) is 6.42 Å². The molecule has 0 spiro atoms. The lowest BCUT2D eigenvalue weighted by Crippen LogP contribution is -2.42. The van der Waals surface area contributed by atoms with Crippen LogP contribution in [0.2, 0.25) is 0 Å². The molecule has 5 nitrogen and oxygen atoms in total. The summed E-state index contributed by atoms with van der Waals surface area (Å²) in [5, 5.41) is 0. The van der Waals surface area contributed by atoms with E-state index in [1.807, 2.05) is 30.3 Å². The van der Waals surface area contributed by atoms with E-state index < -0.39 is 6.09 Å². The maximum absolute atomic E-state index is 12.6. The number of ether oxygens (including phenoxy) is 1. The second kappa shape index (κ2) is 7.13. The number of benzene rings is 1. The quantitative estimate of drug-likeness (QED) is 0.855. The van der Waals surface area contributed by atoms with E-state index in [-0.39, 0.29) is 11.9 Å². The number of hydrogen-bond donors (Lipinski definition) is 0. The summed E-state index contributed by atoms with van der Waals surface area (Å²) < 4.78 is 5.14. The lowest BCUT2D eigenvalue weighted by molar-refractivity contribution is -0.130. The Morgan fingerprint density at radius 1 is 1.22 bits per heavy atom. The SMILES string of the molecule is CN1CCC(CC(=O)N2C(=O)OCC2Cc2ccccc2)CC1. The summed E-state index contributed by atoms with van der Waals surface area (Å²) in [6.45, 7) is 2.35. The van der Waals surface area contributed by atoms with Crippen molar-refractivity contribution in [2.75, 3.05) is 26.7 Å². The van der Waals surface area contributed by atoms with Crippen LogP contribution in [0.3, 0.4) is 0 Å². The van der Waals surface area contributed by atoms with E-state index in [1.54, 1.807) is 0 Å². The molecule has 1 atom stereocenters. The molecule has 0 aliphatic carbocycles. The molecule has 2 aliphatic rings. The summed E-state index contributed by atoms with van der Waals surface area (Å²) >= 11 is 0. The first-order chi connectivity index (χ1) is 11.1. The number of imide groups is 1. The van der Waals surface area contributed by atoms with Gasteiger partial charge < -0.3 is 9.64 Å². The summed E-state index contributed by atoms with van der Waals surface area (Å²) in [4.78, 5) is 28.2. The molecule has 1 aromatic carbocycles. The van der Waals surface area contributed by atoms with E-state index in [0.717, 1.165) is 31.5 Å². The molecule has 2 heterocycles. The van der Waals surface area contributed by atoms with E-state index in [1.165, 1.54) is 4.90 Å². The smallest absolute Gasteiger partial charge is 0.416 e. The standard InChI is InChI=1S/C18H24N2O3/c1-19-9-7-15(8-10-19)12-17(21)20-16(13-23-18(20)22)11-14-5-3-2-4-6-14/h2-6,15-16H,7-13H2,1H3. The Kier molecular flexibility index (Phi) is 4.96. The van der Waals surface area contributed by atoms with E-state index >= 15 is 0 Å². The number of cyclic esters (lactones) is 1. The lowest BCUT2D eigenvalue weighted by Gasteiger charge is -2.29. The van der Waals surface area contributed by atoms with Crippen LogP contribution < -0.4 is 0 Å². The lowest BCUT2D eigenvalue weighted by atomic mass is 9.93. The van der Waals surface area contributed by atoms with Crippen LogP contribution in [0.4, 0.5) is 4.79 Å². The third-order valence-electron chi connectivity index (χ3n) is 4.85.